The van der Waals surface area contributed by atoms with Gasteiger partial charge in [-0.25, -0.2) is 14.4 Å². The van der Waals surface area contributed by atoms with Gasteiger partial charge < -0.3 is 21.3 Å². The van der Waals surface area contributed by atoms with Crippen molar-refractivity contribution in [1.29, 1.82) is 5.26 Å². The van der Waals surface area contributed by atoms with Crippen LogP contribution in [0, 0.1) is 11.3 Å². The highest BCUT2D eigenvalue weighted by Crippen LogP contribution is 2.26. The average Bonchev–Trinajstić information content (AvgIpc) is 3.45. The SMILES string of the molecule is C=C/C(=C\C=C(/C)CN1CCCC1)Nc1cc(N[C@@H]2CCN(c3ccc(C#N)cn3)C[C@@H]2F)c(C(N)=O)cn1. The van der Waals surface area contributed by atoms with Crippen molar-refractivity contribution in [3.8, 4) is 6.07 Å². The summed E-state index contributed by atoms with van der Waals surface area (Å²) in [6.45, 7) is 9.89. The number of nitrogens with two attached hydrogens (primary N) is 1. The number of primary amides is 1. The fourth-order valence-electron chi connectivity index (χ4n) is 4.84. The van der Waals surface area contributed by atoms with Crippen molar-refractivity contribution < 1.29 is 9.18 Å². The number of pyridine rings is 2. The molecule has 0 bridgehead atoms. The molecule has 10 heteroatoms. The van der Waals surface area contributed by atoms with Crippen molar-refractivity contribution in [2.24, 2.45) is 5.73 Å². The summed E-state index contributed by atoms with van der Waals surface area (Å²) in [4.78, 5) is 25.0. The molecule has 0 spiro atoms. The minimum Gasteiger partial charge on any atom is -0.378 e. The number of aromatic nitrogens is 2. The zero-order valence-corrected chi connectivity index (χ0v) is 22.2. The normalized spacial score (nSPS) is 20.4. The van der Waals surface area contributed by atoms with E-state index < -0.39 is 18.1 Å². The van der Waals surface area contributed by atoms with Gasteiger partial charge in [-0.3, -0.25) is 9.69 Å². The molecule has 1 amide bonds. The topological polar surface area (TPSA) is 123 Å². The fourth-order valence-corrected chi connectivity index (χ4v) is 4.84. The van der Waals surface area contributed by atoms with Gasteiger partial charge in [-0.1, -0.05) is 18.2 Å². The molecule has 2 aromatic heterocycles. The Morgan fingerprint density at radius 3 is 2.69 bits per heavy atom. The van der Waals surface area contributed by atoms with Crippen LogP contribution < -0.4 is 21.3 Å². The Labute approximate surface area is 228 Å². The van der Waals surface area contributed by atoms with E-state index in [1.54, 1.807) is 24.3 Å². The molecular formula is C29H35FN8O. The monoisotopic (exact) mass is 530 g/mol. The number of nitrogens with zero attached hydrogens (tertiary/aromatic N) is 5. The summed E-state index contributed by atoms with van der Waals surface area (Å²) in [6, 6.07) is 6.56. The molecule has 4 N–H and O–H groups in total. The molecule has 9 nitrogen and oxygen atoms in total. The van der Waals surface area contributed by atoms with Crippen LogP contribution >= 0.6 is 0 Å². The Kier molecular flexibility index (Phi) is 9.28. The number of nitriles is 1. The number of rotatable bonds is 10. The summed E-state index contributed by atoms with van der Waals surface area (Å²) in [6.07, 6.45) is 10.3. The van der Waals surface area contributed by atoms with Crippen LogP contribution in [0.3, 0.4) is 0 Å². The highest BCUT2D eigenvalue weighted by atomic mass is 19.1. The molecule has 204 valence electrons. The Hall–Kier alpha value is -4.23. The van der Waals surface area contributed by atoms with E-state index in [9.17, 15) is 4.79 Å². The molecule has 2 aromatic rings. The van der Waals surface area contributed by atoms with E-state index in [1.165, 1.54) is 30.8 Å². The van der Waals surface area contributed by atoms with Gasteiger partial charge in [-0.05, 0) is 63.6 Å². The predicted octanol–water partition coefficient (Wildman–Crippen LogP) is 4.00. The van der Waals surface area contributed by atoms with Crippen molar-refractivity contribution >= 4 is 23.2 Å². The van der Waals surface area contributed by atoms with Crippen molar-refractivity contribution in [3.63, 3.8) is 0 Å². The lowest BCUT2D eigenvalue weighted by Gasteiger charge is -2.36. The first-order chi connectivity index (χ1) is 18.9. The number of carbonyl (C=O) groups excluding carboxylic acids is 1. The largest absolute Gasteiger partial charge is 0.378 e. The number of amides is 1. The van der Waals surface area contributed by atoms with E-state index in [-0.39, 0.29) is 12.1 Å². The molecule has 2 aliphatic rings. The molecule has 0 aliphatic carbocycles. The third kappa shape index (κ3) is 7.42. The summed E-state index contributed by atoms with van der Waals surface area (Å²) in [5.74, 6) is 0.455. The number of allylic oxidation sites excluding steroid dienone is 3. The molecule has 39 heavy (non-hydrogen) atoms. The second kappa shape index (κ2) is 13.0. The molecule has 2 aliphatic heterocycles. The van der Waals surface area contributed by atoms with Crippen LogP contribution in [-0.4, -0.2) is 65.7 Å². The van der Waals surface area contributed by atoms with E-state index in [0.717, 1.165) is 25.3 Å². The third-order valence-corrected chi connectivity index (χ3v) is 6.96. The molecule has 0 saturated carbocycles. The van der Waals surface area contributed by atoms with E-state index in [1.807, 2.05) is 17.0 Å². The first-order valence-corrected chi connectivity index (χ1v) is 13.2. The van der Waals surface area contributed by atoms with Crippen molar-refractivity contribution in [2.75, 3.05) is 48.3 Å². The van der Waals surface area contributed by atoms with Crippen molar-refractivity contribution in [3.05, 3.63) is 77.8 Å². The number of alkyl halides is 1. The molecule has 0 radical (unpaired) electrons. The molecule has 4 heterocycles. The zero-order chi connectivity index (χ0) is 27.8. The standard InChI is InChI=1S/C29H35FN8O/c1-3-22(8-6-20(2)18-37-11-4-5-12-37)35-27-14-26(23(17-33-27)29(32)39)36-25-10-13-38(19-24(25)30)28-9-7-21(15-31)16-34-28/h3,6-9,14,16-17,24-25H,1,4-5,10-13,18-19H2,2H3,(H2,32,39)(H2,33,35,36)/b20-6+,22-8+/t24-,25+/m0/s1. The highest BCUT2D eigenvalue weighted by Gasteiger charge is 2.30. The number of anilines is 3. The molecule has 2 saturated heterocycles. The molecule has 0 aromatic carbocycles. The molecular weight excluding hydrogens is 495 g/mol. The maximum Gasteiger partial charge on any atom is 0.252 e. The van der Waals surface area contributed by atoms with Crippen LogP contribution in [0.1, 0.15) is 42.1 Å². The van der Waals surface area contributed by atoms with Gasteiger partial charge in [-0.15, -0.1) is 0 Å². The molecule has 2 atom stereocenters. The summed E-state index contributed by atoms with van der Waals surface area (Å²) in [5, 5.41) is 15.4. The van der Waals surface area contributed by atoms with Gasteiger partial charge in [0.05, 0.1) is 29.4 Å². The summed E-state index contributed by atoms with van der Waals surface area (Å²) < 4.78 is 15.3. The first-order valence-electron chi connectivity index (χ1n) is 13.2. The number of carbonyl (C=O) groups is 1. The van der Waals surface area contributed by atoms with E-state index >= 15 is 4.39 Å². The number of piperidine rings is 1. The van der Waals surface area contributed by atoms with Gasteiger partial charge in [0.15, 0.2) is 0 Å². The van der Waals surface area contributed by atoms with Crippen molar-refractivity contribution in [2.45, 2.75) is 38.4 Å². The first kappa shape index (κ1) is 27.8. The van der Waals surface area contributed by atoms with Gasteiger partial charge in [-0.2, -0.15) is 5.26 Å². The van der Waals surface area contributed by atoms with Gasteiger partial charge in [0, 0.05) is 37.2 Å². The summed E-state index contributed by atoms with van der Waals surface area (Å²) in [7, 11) is 0. The van der Waals surface area contributed by atoms with Crippen LogP contribution in [0.15, 0.2) is 66.7 Å². The third-order valence-electron chi connectivity index (χ3n) is 6.96. The maximum absolute atomic E-state index is 15.3. The summed E-state index contributed by atoms with van der Waals surface area (Å²) >= 11 is 0. The lowest BCUT2D eigenvalue weighted by Crippen LogP contribution is -2.48. The summed E-state index contributed by atoms with van der Waals surface area (Å²) in [5.41, 5.74) is 8.64. The quantitative estimate of drug-likeness (QED) is 0.394. The van der Waals surface area contributed by atoms with Crippen LogP contribution in [0.2, 0.25) is 0 Å². The van der Waals surface area contributed by atoms with E-state index in [4.69, 9.17) is 11.0 Å². The van der Waals surface area contributed by atoms with Crippen LogP contribution in [0.25, 0.3) is 0 Å². The van der Waals surface area contributed by atoms with Gasteiger partial charge in [0.1, 0.15) is 23.9 Å². The number of nitrogens with one attached hydrogen (secondary N) is 2. The number of likely N-dealkylation sites (tertiary alicyclic amines) is 1. The minimum atomic E-state index is -1.23. The maximum atomic E-state index is 15.3. The van der Waals surface area contributed by atoms with Gasteiger partial charge >= 0.3 is 0 Å². The Morgan fingerprint density at radius 1 is 1.26 bits per heavy atom. The van der Waals surface area contributed by atoms with Crippen LogP contribution in [-0.2, 0) is 0 Å². The van der Waals surface area contributed by atoms with Crippen LogP contribution in [0.4, 0.5) is 21.7 Å². The lowest BCUT2D eigenvalue weighted by atomic mass is 10.0. The Bertz CT molecular complexity index is 1280. The second-order valence-electron chi connectivity index (χ2n) is 9.95. The highest BCUT2D eigenvalue weighted by molar-refractivity contribution is 5.98. The fraction of sp³-hybridized carbons (Fsp3) is 0.379. The second-order valence-corrected chi connectivity index (χ2v) is 9.95. The lowest BCUT2D eigenvalue weighted by molar-refractivity contribution is 0.100. The van der Waals surface area contributed by atoms with E-state index in [0.29, 0.717) is 35.9 Å². The Balaban J connectivity index is 1.43. The molecule has 0 unspecified atom stereocenters. The van der Waals surface area contributed by atoms with Crippen LogP contribution in [0.5, 0.6) is 0 Å². The number of hydrogen-bond donors (Lipinski definition) is 3. The van der Waals surface area contributed by atoms with Crippen molar-refractivity contribution in [1.82, 2.24) is 14.9 Å². The van der Waals surface area contributed by atoms with Gasteiger partial charge in [0.2, 0.25) is 0 Å². The Morgan fingerprint density at radius 2 is 2.05 bits per heavy atom. The molecule has 2 fully saturated rings. The average molecular weight is 531 g/mol. The number of hydrogen-bond acceptors (Lipinski definition) is 8. The number of halogens is 1. The van der Waals surface area contributed by atoms with Gasteiger partial charge in [0.25, 0.3) is 5.91 Å². The smallest absolute Gasteiger partial charge is 0.252 e. The molecule has 4 rings (SSSR count). The minimum absolute atomic E-state index is 0.130. The predicted molar refractivity (Wildman–Crippen MR) is 152 cm³/mol. The zero-order valence-electron chi connectivity index (χ0n) is 22.2. The van der Waals surface area contributed by atoms with E-state index in [2.05, 4.69) is 45.1 Å².